The van der Waals surface area contributed by atoms with Crippen LogP contribution in [0.4, 0.5) is 0 Å². The fourth-order valence-corrected chi connectivity index (χ4v) is 15.7. The maximum atomic E-state index is 2.49. The van der Waals surface area contributed by atoms with Gasteiger partial charge in [-0.3, -0.25) is 0 Å². The van der Waals surface area contributed by atoms with Crippen LogP contribution in [0.2, 0.25) is 0 Å². The van der Waals surface area contributed by atoms with Gasteiger partial charge in [-0.1, -0.05) is 188 Å². The summed E-state index contributed by atoms with van der Waals surface area (Å²) in [6, 6.07) is 92.2. The molecule has 0 radical (unpaired) electrons. The molecule has 0 atom stereocenters. The minimum atomic E-state index is -2.70. The fourth-order valence-electron chi connectivity index (χ4n) is 10.9. The van der Waals surface area contributed by atoms with Gasteiger partial charge in [0.15, 0.2) is 8.07 Å². The number of fused-ring (bicyclic) bond motifs is 9. The molecular formula is C60H41N3Si. The zero-order chi connectivity index (χ0) is 42.2. The van der Waals surface area contributed by atoms with E-state index in [4.69, 9.17) is 0 Å². The molecule has 13 aromatic rings. The van der Waals surface area contributed by atoms with Gasteiger partial charge in [-0.25, -0.2) is 0 Å². The Balaban J connectivity index is 1.05. The molecule has 4 heteroatoms. The van der Waals surface area contributed by atoms with Crippen LogP contribution in [0.15, 0.2) is 249 Å². The van der Waals surface area contributed by atoms with E-state index in [-0.39, 0.29) is 0 Å². The average molecular weight is 832 g/mol. The molecule has 0 bridgehead atoms. The highest BCUT2D eigenvalue weighted by Crippen LogP contribution is 2.41. The molecule has 0 spiro atoms. The van der Waals surface area contributed by atoms with Gasteiger partial charge in [0.2, 0.25) is 0 Å². The van der Waals surface area contributed by atoms with Crippen LogP contribution in [0, 0.1) is 0 Å². The van der Waals surface area contributed by atoms with Gasteiger partial charge in [0.1, 0.15) is 0 Å². The second-order valence-corrected chi connectivity index (χ2v) is 20.7. The van der Waals surface area contributed by atoms with E-state index in [2.05, 4.69) is 262 Å². The van der Waals surface area contributed by atoms with E-state index in [1.807, 2.05) is 0 Å². The van der Waals surface area contributed by atoms with Crippen molar-refractivity contribution in [1.29, 1.82) is 0 Å². The predicted octanol–water partition coefficient (Wildman–Crippen LogP) is 12.4. The maximum absolute atomic E-state index is 2.70. The van der Waals surface area contributed by atoms with Crippen LogP contribution in [-0.4, -0.2) is 21.8 Å². The normalized spacial score (nSPS) is 12.1. The minimum absolute atomic E-state index is 1.13. The summed E-state index contributed by atoms with van der Waals surface area (Å²) in [6.45, 7) is 0. The summed E-state index contributed by atoms with van der Waals surface area (Å²) >= 11 is 0. The van der Waals surface area contributed by atoms with Crippen molar-refractivity contribution in [2.45, 2.75) is 0 Å². The smallest absolute Gasteiger partial charge is 0.179 e. The summed E-state index contributed by atoms with van der Waals surface area (Å²) in [5.41, 5.74) is 10.6. The highest BCUT2D eigenvalue weighted by Gasteiger charge is 2.41. The van der Waals surface area contributed by atoms with E-state index in [1.54, 1.807) is 0 Å². The molecule has 0 unspecified atom stereocenters. The highest BCUT2D eigenvalue weighted by atomic mass is 28.3. The van der Waals surface area contributed by atoms with Crippen LogP contribution < -0.4 is 20.7 Å². The lowest BCUT2D eigenvalue weighted by Gasteiger charge is -2.34. The first-order chi connectivity index (χ1) is 31.8. The molecule has 3 nitrogen and oxygen atoms in total. The molecule has 0 aliphatic rings. The van der Waals surface area contributed by atoms with Gasteiger partial charge in [0, 0.05) is 43.7 Å². The van der Waals surface area contributed by atoms with Crippen molar-refractivity contribution in [2.24, 2.45) is 0 Å². The van der Waals surface area contributed by atoms with Crippen molar-refractivity contribution in [3.8, 4) is 17.1 Å². The molecule has 0 aliphatic carbocycles. The van der Waals surface area contributed by atoms with E-state index in [0.717, 1.165) is 17.1 Å². The van der Waals surface area contributed by atoms with E-state index in [1.165, 1.54) is 86.2 Å². The minimum Gasteiger partial charge on any atom is -0.309 e. The van der Waals surface area contributed by atoms with Gasteiger partial charge < -0.3 is 13.7 Å². The Labute approximate surface area is 372 Å². The Morgan fingerprint density at radius 3 is 1.14 bits per heavy atom. The maximum Gasteiger partial charge on any atom is 0.179 e. The third kappa shape index (κ3) is 5.27. The largest absolute Gasteiger partial charge is 0.309 e. The van der Waals surface area contributed by atoms with Crippen molar-refractivity contribution in [3.63, 3.8) is 0 Å². The molecule has 13 rings (SSSR count). The number of aromatic nitrogens is 3. The van der Waals surface area contributed by atoms with Gasteiger partial charge in [0.05, 0.1) is 38.8 Å². The zero-order valence-corrected chi connectivity index (χ0v) is 36.0. The second kappa shape index (κ2) is 14.5. The third-order valence-corrected chi connectivity index (χ3v) is 18.4. The van der Waals surface area contributed by atoms with Crippen molar-refractivity contribution in [3.05, 3.63) is 249 Å². The quantitative estimate of drug-likeness (QED) is 0.112. The summed E-state index contributed by atoms with van der Waals surface area (Å²) < 4.78 is 7.40. The number of benzene rings is 10. The van der Waals surface area contributed by atoms with Gasteiger partial charge in [-0.05, 0) is 81.4 Å². The van der Waals surface area contributed by atoms with E-state index >= 15 is 0 Å². The molecule has 0 saturated heterocycles. The number of para-hydroxylation sites is 5. The first-order valence-corrected chi connectivity index (χ1v) is 24.1. The van der Waals surface area contributed by atoms with Crippen LogP contribution >= 0.6 is 0 Å². The highest BCUT2D eigenvalue weighted by molar-refractivity contribution is 7.19. The molecule has 0 amide bonds. The number of hydrogen-bond acceptors (Lipinski definition) is 0. The molecule has 10 aromatic carbocycles. The van der Waals surface area contributed by atoms with Crippen LogP contribution in [-0.2, 0) is 0 Å². The summed E-state index contributed by atoms with van der Waals surface area (Å²) in [6.07, 6.45) is 0. The predicted molar refractivity (Wildman–Crippen MR) is 273 cm³/mol. The number of nitrogens with zero attached hydrogens (tertiary/aromatic N) is 3. The SMILES string of the molecule is c1ccc([Si](c2ccccc2)(c2ccccc2)c2ccc(-n3c4ccccc4c4cccc(-n5c6ccccc6c6cc(-n7c8ccccc8c8ccccc87)ccc65)c43)cc2)cc1. The molecular weight excluding hydrogens is 791 g/mol. The first kappa shape index (κ1) is 36.5. The Bertz CT molecular complexity index is 3730. The van der Waals surface area contributed by atoms with Crippen LogP contribution in [0.3, 0.4) is 0 Å². The second-order valence-electron chi connectivity index (χ2n) is 16.8. The van der Waals surface area contributed by atoms with Gasteiger partial charge >= 0.3 is 0 Å². The molecule has 0 aliphatic heterocycles. The summed E-state index contributed by atoms with van der Waals surface area (Å²) in [4.78, 5) is 0. The topological polar surface area (TPSA) is 14.8 Å². The van der Waals surface area contributed by atoms with Crippen molar-refractivity contribution >= 4 is 94.2 Å². The summed E-state index contributed by atoms with van der Waals surface area (Å²) in [5, 5.41) is 12.9. The fraction of sp³-hybridized carbons (Fsp3) is 0. The third-order valence-electron chi connectivity index (χ3n) is 13.6. The molecule has 0 saturated carbocycles. The molecule has 3 aromatic heterocycles. The Hall–Kier alpha value is -8.18. The summed E-state index contributed by atoms with van der Waals surface area (Å²) in [7, 11) is -2.70. The summed E-state index contributed by atoms with van der Waals surface area (Å²) in [5.74, 6) is 0. The van der Waals surface area contributed by atoms with E-state index in [9.17, 15) is 0 Å². The number of rotatable bonds is 7. The van der Waals surface area contributed by atoms with Gasteiger partial charge in [0.25, 0.3) is 0 Å². The van der Waals surface area contributed by atoms with Gasteiger partial charge in [-0.2, -0.15) is 0 Å². The Morgan fingerprint density at radius 2 is 0.609 bits per heavy atom. The molecule has 64 heavy (non-hydrogen) atoms. The standard InChI is InChI=1S/C60H41N3Si/c1-4-19-44(20-5-1)64(45-21-6-2-7-22-45,46-23-8-3-9-24-46)47-38-35-42(36-39-47)62-56-32-16-12-27-50(56)52-29-18-34-59(60(52)62)63-57-33-17-13-28-51(57)53-41-43(37-40-58(53)63)61-54-30-14-10-25-48(54)49-26-11-15-31-55(49)61/h1-41H. The zero-order valence-electron chi connectivity index (χ0n) is 35.0. The lowest BCUT2D eigenvalue weighted by Crippen LogP contribution is -2.74. The van der Waals surface area contributed by atoms with Gasteiger partial charge in [-0.15, -0.1) is 0 Å². The molecule has 0 fully saturated rings. The monoisotopic (exact) mass is 831 g/mol. The van der Waals surface area contributed by atoms with Crippen molar-refractivity contribution in [2.75, 3.05) is 0 Å². The van der Waals surface area contributed by atoms with Crippen LogP contribution in [0.1, 0.15) is 0 Å². The lowest BCUT2D eigenvalue weighted by molar-refractivity contribution is 1.13. The van der Waals surface area contributed by atoms with E-state index in [0.29, 0.717) is 0 Å². The van der Waals surface area contributed by atoms with Crippen LogP contribution in [0.5, 0.6) is 0 Å². The average Bonchev–Trinajstić information content (AvgIpc) is 4.01. The Morgan fingerprint density at radius 1 is 0.234 bits per heavy atom. The molecule has 0 N–H and O–H groups in total. The first-order valence-electron chi connectivity index (χ1n) is 22.1. The lowest BCUT2D eigenvalue weighted by atomic mass is 10.1. The van der Waals surface area contributed by atoms with Crippen molar-refractivity contribution in [1.82, 2.24) is 13.7 Å². The van der Waals surface area contributed by atoms with E-state index < -0.39 is 8.07 Å². The van der Waals surface area contributed by atoms with Crippen LogP contribution in [0.25, 0.3) is 82.5 Å². The number of hydrogen-bond donors (Lipinski definition) is 0. The molecule has 3 heterocycles. The Kier molecular flexibility index (Phi) is 8.23. The van der Waals surface area contributed by atoms with Crippen molar-refractivity contribution < 1.29 is 0 Å². The molecule has 300 valence electrons.